The maximum Gasteiger partial charge on any atom is 0.194 e. The van der Waals surface area contributed by atoms with Crippen molar-refractivity contribution in [3.63, 3.8) is 0 Å². The van der Waals surface area contributed by atoms with Crippen molar-refractivity contribution in [2.75, 3.05) is 32.8 Å². The van der Waals surface area contributed by atoms with E-state index < -0.39 is 0 Å². The van der Waals surface area contributed by atoms with Gasteiger partial charge in [0, 0.05) is 31.7 Å². The summed E-state index contributed by atoms with van der Waals surface area (Å²) in [5.41, 5.74) is 5.73. The van der Waals surface area contributed by atoms with Crippen molar-refractivity contribution >= 4 is 29.9 Å². The van der Waals surface area contributed by atoms with Gasteiger partial charge in [0.2, 0.25) is 0 Å². The minimum absolute atomic E-state index is 0. The fraction of sp³-hybridized carbons (Fsp3) is 0.650. The van der Waals surface area contributed by atoms with Crippen LogP contribution in [0.4, 0.5) is 0 Å². The van der Waals surface area contributed by atoms with Crippen molar-refractivity contribution in [3.8, 4) is 0 Å². The van der Waals surface area contributed by atoms with Gasteiger partial charge in [0.1, 0.15) is 0 Å². The number of aryl methyl sites for hydroxylation is 3. The van der Waals surface area contributed by atoms with Crippen LogP contribution in [-0.2, 0) is 11.3 Å². The van der Waals surface area contributed by atoms with Gasteiger partial charge in [0.05, 0.1) is 13.2 Å². The lowest BCUT2D eigenvalue weighted by atomic mass is 9.87. The summed E-state index contributed by atoms with van der Waals surface area (Å²) in [7, 11) is 0. The number of nitrogens with zero attached hydrogens (tertiary/aromatic N) is 2. The molecule has 1 atom stereocenters. The van der Waals surface area contributed by atoms with E-state index in [2.05, 4.69) is 50.0 Å². The summed E-state index contributed by atoms with van der Waals surface area (Å²) in [4.78, 5) is 7.39. The van der Waals surface area contributed by atoms with Gasteiger partial charge in [0.15, 0.2) is 5.96 Å². The Bertz CT molecular complexity index is 600. The highest BCUT2D eigenvalue weighted by molar-refractivity contribution is 14.0. The molecule has 1 N–H and O–H groups in total. The number of nitrogens with one attached hydrogen (secondary N) is 1. The van der Waals surface area contributed by atoms with E-state index in [0.29, 0.717) is 5.41 Å². The first-order valence-electron chi connectivity index (χ1n) is 9.21. The molecule has 4 nitrogen and oxygen atoms in total. The number of guanidine groups is 1. The van der Waals surface area contributed by atoms with E-state index in [0.717, 1.165) is 45.4 Å². The first-order valence-corrected chi connectivity index (χ1v) is 9.21. The number of benzene rings is 1. The van der Waals surface area contributed by atoms with E-state index in [1.54, 1.807) is 0 Å². The molecule has 0 aromatic heterocycles. The second-order valence-corrected chi connectivity index (χ2v) is 7.52. The monoisotopic (exact) mass is 457 g/mol. The highest BCUT2D eigenvalue weighted by Crippen LogP contribution is 2.38. The normalized spacial score (nSPS) is 23.2. The molecule has 1 spiro atoms. The second kappa shape index (κ2) is 8.71. The zero-order valence-corrected chi connectivity index (χ0v) is 18.4. The molecule has 0 saturated carbocycles. The number of aliphatic imine (C=N–C) groups is 1. The molecular weight excluding hydrogens is 425 g/mol. The zero-order valence-electron chi connectivity index (χ0n) is 16.0. The van der Waals surface area contributed by atoms with E-state index in [1.165, 1.54) is 35.1 Å². The summed E-state index contributed by atoms with van der Waals surface area (Å²) in [6, 6.07) is 4.51. The Hall–Kier alpha value is -0.820. The van der Waals surface area contributed by atoms with Crippen molar-refractivity contribution in [1.82, 2.24) is 10.2 Å². The van der Waals surface area contributed by atoms with Gasteiger partial charge in [-0.2, -0.15) is 0 Å². The third kappa shape index (κ3) is 4.67. The third-order valence-electron chi connectivity index (χ3n) is 5.49. The van der Waals surface area contributed by atoms with Crippen molar-refractivity contribution in [2.24, 2.45) is 10.4 Å². The highest BCUT2D eigenvalue weighted by Gasteiger charge is 2.42. The van der Waals surface area contributed by atoms with Gasteiger partial charge in [-0.25, -0.2) is 4.99 Å². The topological polar surface area (TPSA) is 36.9 Å². The average Bonchev–Trinajstić information content (AvgIpc) is 3.15. The summed E-state index contributed by atoms with van der Waals surface area (Å²) in [6.07, 6.45) is 2.42. The molecule has 140 valence electrons. The Morgan fingerprint density at radius 3 is 2.56 bits per heavy atom. The molecule has 0 amide bonds. The fourth-order valence-corrected chi connectivity index (χ4v) is 4.13. The van der Waals surface area contributed by atoms with Gasteiger partial charge in [-0.15, -0.1) is 24.0 Å². The predicted octanol–water partition coefficient (Wildman–Crippen LogP) is 3.81. The summed E-state index contributed by atoms with van der Waals surface area (Å²) in [5, 5.41) is 3.49. The molecule has 3 rings (SSSR count). The number of ether oxygens (including phenoxy) is 1. The number of halogens is 1. The molecule has 5 heteroatoms. The number of likely N-dealkylation sites (tertiary alicyclic amines) is 1. The van der Waals surface area contributed by atoms with Gasteiger partial charge in [-0.05, 0) is 57.2 Å². The summed E-state index contributed by atoms with van der Waals surface area (Å²) >= 11 is 0. The molecule has 1 aromatic rings. The Balaban J connectivity index is 0.00000225. The van der Waals surface area contributed by atoms with E-state index >= 15 is 0 Å². The maximum atomic E-state index is 5.66. The van der Waals surface area contributed by atoms with Crippen LogP contribution in [0.25, 0.3) is 0 Å². The quantitative estimate of drug-likeness (QED) is 0.426. The smallest absolute Gasteiger partial charge is 0.194 e. The molecule has 0 radical (unpaired) electrons. The van der Waals surface area contributed by atoms with E-state index in [9.17, 15) is 0 Å². The molecule has 25 heavy (non-hydrogen) atoms. The number of hydrogen-bond donors (Lipinski definition) is 1. The second-order valence-electron chi connectivity index (χ2n) is 7.52. The molecular formula is C20H32IN3O. The Kier molecular flexibility index (Phi) is 7.14. The molecule has 2 heterocycles. The van der Waals surface area contributed by atoms with Crippen LogP contribution < -0.4 is 5.32 Å². The molecule has 1 unspecified atom stereocenters. The van der Waals surface area contributed by atoms with Crippen molar-refractivity contribution in [1.29, 1.82) is 0 Å². The maximum absolute atomic E-state index is 5.66. The van der Waals surface area contributed by atoms with Crippen LogP contribution in [0.3, 0.4) is 0 Å². The van der Waals surface area contributed by atoms with Crippen LogP contribution in [-0.4, -0.2) is 43.7 Å². The number of hydrogen-bond acceptors (Lipinski definition) is 2. The van der Waals surface area contributed by atoms with Gasteiger partial charge < -0.3 is 15.0 Å². The van der Waals surface area contributed by atoms with Crippen LogP contribution in [0.15, 0.2) is 17.1 Å². The molecule has 0 bridgehead atoms. The van der Waals surface area contributed by atoms with Gasteiger partial charge >= 0.3 is 0 Å². The van der Waals surface area contributed by atoms with Crippen molar-refractivity contribution in [2.45, 2.75) is 47.1 Å². The lowest BCUT2D eigenvalue weighted by molar-refractivity contribution is 0.156. The molecule has 0 aliphatic carbocycles. The first-order chi connectivity index (χ1) is 11.5. The zero-order chi connectivity index (χ0) is 17.2. The summed E-state index contributed by atoms with van der Waals surface area (Å²) in [6.45, 7) is 14.3. The van der Waals surface area contributed by atoms with Crippen molar-refractivity contribution < 1.29 is 4.74 Å². The summed E-state index contributed by atoms with van der Waals surface area (Å²) in [5.74, 6) is 1.06. The standard InChI is InChI=1S/C20H31N3O.HI/c1-5-21-19(23-8-6-20(13-23)7-9-24-14-20)22-12-18-16(3)10-15(2)11-17(18)4;/h10-11H,5-9,12-14H2,1-4H3,(H,21,22);1H. The minimum atomic E-state index is 0. The molecule has 2 fully saturated rings. The van der Waals surface area contributed by atoms with Crippen LogP contribution in [0.2, 0.25) is 0 Å². The van der Waals surface area contributed by atoms with Crippen LogP contribution in [0.5, 0.6) is 0 Å². The van der Waals surface area contributed by atoms with Crippen LogP contribution in [0, 0.1) is 26.2 Å². The molecule has 2 aliphatic heterocycles. The Morgan fingerprint density at radius 1 is 1.24 bits per heavy atom. The van der Waals surface area contributed by atoms with Crippen LogP contribution >= 0.6 is 24.0 Å². The van der Waals surface area contributed by atoms with E-state index in [4.69, 9.17) is 9.73 Å². The first kappa shape index (κ1) is 20.5. The predicted molar refractivity (Wildman–Crippen MR) is 115 cm³/mol. The molecule has 1 aromatic carbocycles. The Morgan fingerprint density at radius 2 is 1.96 bits per heavy atom. The van der Waals surface area contributed by atoms with Gasteiger partial charge in [-0.3, -0.25) is 0 Å². The number of rotatable bonds is 3. The van der Waals surface area contributed by atoms with E-state index in [1.807, 2.05) is 0 Å². The summed E-state index contributed by atoms with van der Waals surface area (Å²) < 4.78 is 5.66. The highest BCUT2D eigenvalue weighted by atomic mass is 127. The van der Waals surface area contributed by atoms with Gasteiger partial charge in [-0.1, -0.05) is 17.7 Å². The third-order valence-corrected chi connectivity index (χ3v) is 5.49. The fourth-order valence-electron chi connectivity index (χ4n) is 4.13. The van der Waals surface area contributed by atoms with Crippen molar-refractivity contribution in [3.05, 3.63) is 34.4 Å². The SMILES string of the molecule is CCNC(=NCc1c(C)cc(C)cc1C)N1CCC2(CCOC2)C1.I. The van der Waals surface area contributed by atoms with Crippen LogP contribution in [0.1, 0.15) is 42.0 Å². The Labute approximate surface area is 169 Å². The molecule has 2 saturated heterocycles. The van der Waals surface area contributed by atoms with E-state index in [-0.39, 0.29) is 24.0 Å². The lowest BCUT2D eigenvalue weighted by Gasteiger charge is -2.25. The van der Waals surface area contributed by atoms with Gasteiger partial charge in [0.25, 0.3) is 0 Å². The lowest BCUT2D eigenvalue weighted by Crippen LogP contribution is -2.41. The largest absolute Gasteiger partial charge is 0.381 e. The molecule has 2 aliphatic rings. The average molecular weight is 457 g/mol. The minimum Gasteiger partial charge on any atom is -0.381 e.